The quantitative estimate of drug-likeness (QED) is 0.463. The Hall–Kier alpha value is -2.85. The van der Waals surface area contributed by atoms with Crippen LogP contribution in [0.15, 0.2) is 42.5 Å². The zero-order chi connectivity index (χ0) is 20.0. The second-order valence-corrected chi connectivity index (χ2v) is 7.56. The van der Waals surface area contributed by atoms with E-state index < -0.39 is 0 Å². The first kappa shape index (κ1) is 18.5. The zero-order valence-corrected chi connectivity index (χ0v) is 17.2. The molecular weight excluding hydrogens is 370 g/mol. The molecule has 2 aromatic heterocycles. The van der Waals surface area contributed by atoms with Gasteiger partial charge < -0.3 is 5.32 Å². The molecule has 4 aromatic rings. The fourth-order valence-electron chi connectivity index (χ4n) is 4.11. The summed E-state index contributed by atoms with van der Waals surface area (Å²) in [5, 5.41) is 4.93. The Kier molecular flexibility index (Phi) is 4.60. The van der Waals surface area contributed by atoms with Gasteiger partial charge in [0.05, 0.1) is 22.3 Å². The number of nitrogens with zero attached hydrogens (tertiary/aromatic N) is 2. The Morgan fingerprint density at radius 3 is 2.43 bits per heavy atom. The van der Waals surface area contributed by atoms with Crippen molar-refractivity contribution in [3.05, 3.63) is 64.8 Å². The lowest BCUT2D eigenvalue weighted by Gasteiger charge is -2.15. The Balaban J connectivity index is 2.17. The van der Waals surface area contributed by atoms with E-state index in [9.17, 15) is 4.79 Å². The van der Waals surface area contributed by atoms with Crippen molar-refractivity contribution in [2.75, 3.05) is 11.2 Å². The second-order valence-electron chi connectivity index (χ2n) is 7.29. The molecule has 0 spiro atoms. The lowest BCUT2D eigenvalue weighted by atomic mass is 10.0. The lowest BCUT2D eigenvalue weighted by Crippen LogP contribution is -2.13. The number of rotatable bonds is 3. The normalized spacial score (nSPS) is 11.3. The van der Waals surface area contributed by atoms with Gasteiger partial charge in [-0.25, -0.2) is 4.98 Å². The fourth-order valence-corrected chi connectivity index (χ4v) is 4.18. The molecule has 0 aliphatic heterocycles. The molecule has 0 saturated heterocycles. The Labute approximate surface area is 169 Å². The standard InChI is InChI=1S/C23H22ClN3O/c1-13-9-14(2)22(15(3)10-13)27-19-8-6-5-7-17(19)21-18(26-20(28)12-24)11-16(4)25-23(21)27/h5-11H,12H2,1-4H3,(H,25,26,28). The molecule has 4 rings (SSSR count). The average Bonchev–Trinajstić information content (AvgIpc) is 2.95. The molecule has 0 atom stereocenters. The fraction of sp³-hybridized carbons (Fsp3) is 0.217. The van der Waals surface area contributed by atoms with Crippen LogP contribution in [0, 0.1) is 27.7 Å². The highest BCUT2D eigenvalue weighted by atomic mass is 35.5. The number of fused-ring (bicyclic) bond motifs is 3. The zero-order valence-electron chi connectivity index (χ0n) is 16.4. The van der Waals surface area contributed by atoms with E-state index in [1.165, 1.54) is 16.7 Å². The number of aromatic nitrogens is 2. The number of carbonyl (C=O) groups is 1. The van der Waals surface area contributed by atoms with Crippen LogP contribution in [0.5, 0.6) is 0 Å². The molecule has 1 amide bonds. The molecule has 5 heteroatoms. The summed E-state index contributed by atoms with van der Waals surface area (Å²) in [6, 6.07) is 14.5. The number of nitrogens with one attached hydrogen (secondary N) is 1. The highest BCUT2D eigenvalue weighted by Crippen LogP contribution is 2.37. The number of hydrogen-bond acceptors (Lipinski definition) is 2. The maximum Gasteiger partial charge on any atom is 0.239 e. The summed E-state index contributed by atoms with van der Waals surface area (Å²) in [5.74, 6) is -0.314. The Morgan fingerprint density at radius 1 is 1.07 bits per heavy atom. The van der Waals surface area contributed by atoms with E-state index in [2.05, 4.69) is 54.9 Å². The molecule has 1 N–H and O–H groups in total. The molecule has 28 heavy (non-hydrogen) atoms. The predicted octanol–water partition coefficient (Wildman–Crippen LogP) is 5.59. The van der Waals surface area contributed by atoms with Crippen molar-refractivity contribution >= 4 is 45.1 Å². The van der Waals surface area contributed by atoms with Gasteiger partial charge in [-0.2, -0.15) is 0 Å². The number of carbonyl (C=O) groups excluding carboxylic acids is 1. The average molecular weight is 392 g/mol. The van der Waals surface area contributed by atoms with Gasteiger partial charge in [0, 0.05) is 11.1 Å². The highest BCUT2D eigenvalue weighted by molar-refractivity contribution is 6.29. The third-order valence-electron chi connectivity index (χ3n) is 5.01. The summed E-state index contributed by atoms with van der Waals surface area (Å²) in [5.41, 5.74) is 8.22. The van der Waals surface area contributed by atoms with Gasteiger partial charge in [0.2, 0.25) is 5.91 Å². The number of benzene rings is 2. The van der Waals surface area contributed by atoms with E-state index in [4.69, 9.17) is 16.6 Å². The van der Waals surface area contributed by atoms with Crippen LogP contribution in [0.2, 0.25) is 0 Å². The summed E-state index contributed by atoms with van der Waals surface area (Å²) >= 11 is 5.74. The van der Waals surface area contributed by atoms with Crippen molar-refractivity contribution in [1.29, 1.82) is 0 Å². The lowest BCUT2D eigenvalue weighted by molar-refractivity contribution is -0.113. The third kappa shape index (κ3) is 2.94. The van der Waals surface area contributed by atoms with Gasteiger partial charge in [0.1, 0.15) is 11.5 Å². The van der Waals surface area contributed by atoms with Crippen LogP contribution in [0.4, 0.5) is 5.69 Å². The van der Waals surface area contributed by atoms with Crippen LogP contribution < -0.4 is 5.32 Å². The molecule has 0 unspecified atom stereocenters. The van der Waals surface area contributed by atoms with Crippen molar-refractivity contribution in [3.8, 4) is 5.69 Å². The maximum absolute atomic E-state index is 12.0. The van der Waals surface area contributed by atoms with E-state index in [-0.39, 0.29) is 11.8 Å². The minimum absolute atomic E-state index is 0.0856. The summed E-state index contributed by atoms with van der Waals surface area (Å²) in [7, 11) is 0. The van der Waals surface area contributed by atoms with E-state index in [1.807, 2.05) is 25.1 Å². The summed E-state index contributed by atoms with van der Waals surface area (Å²) < 4.78 is 2.21. The van der Waals surface area contributed by atoms with Gasteiger partial charge in [-0.15, -0.1) is 11.6 Å². The number of amides is 1. The molecule has 0 radical (unpaired) electrons. The van der Waals surface area contributed by atoms with Crippen LogP contribution in [-0.2, 0) is 4.79 Å². The predicted molar refractivity (Wildman–Crippen MR) is 117 cm³/mol. The number of aryl methyl sites for hydroxylation is 4. The van der Waals surface area contributed by atoms with Crippen molar-refractivity contribution in [1.82, 2.24) is 9.55 Å². The van der Waals surface area contributed by atoms with Crippen LogP contribution in [0.3, 0.4) is 0 Å². The number of pyridine rings is 1. The Morgan fingerprint density at radius 2 is 1.75 bits per heavy atom. The summed E-state index contributed by atoms with van der Waals surface area (Å²) in [6.07, 6.45) is 0. The van der Waals surface area contributed by atoms with Crippen molar-refractivity contribution in [3.63, 3.8) is 0 Å². The van der Waals surface area contributed by atoms with E-state index in [0.29, 0.717) is 0 Å². The van der Waals surface area contributed by atoms with E-state index in [1.54, 1.807) is 0 Å². The van der Waals surface area contributed by atoms with E-state index >= 15 is 0 Å². The summed E-state index contributed by atoms with van der Waals surface area (Å²) in [4.78, 5) is 16.9. The number of anilines is 1. The highest BCUT2D eigenvalue weighted by Gasteiger charge is 2.20. The molecule has 0 bridgehead atoms. The van der Waals surface area contributed by atoms with Crippen molar-refractivity contribution < 1.29 is 4.79 Å². The third-order valence-corrected chi connectivity index (χ3v) is 5.25. The largest absolute Gasteiger partial charge is 0.324 e. The van der Waals surface area contributed by atoms with Gasteiger partial charge in [0.25, 0.3) is 0 Å². The van der Waals surface area contributed by atoms with E-state index in [0.717, 1.165) is 39.0 Å². The second kappa shape index (κ2) is 6.95. The minimum Gasteiger partial charge on any atom is -0.324 e. The molecule has 2 aromatic carbocycles. The van der Waals surface area contributed by atoms with Gasteiger partial charge in [-0.1, -0.05) is 35.9 Å². The van der Waals surface area contributed by atoms with Gasteiger partial charge in [-0.3, -0.25) is 9.36 Å². The monoisotopic (exact) mass is 391 g/mol. The van der Waals surface area contributed by atoms with Gasteiger partial charge in [-0.05, 0) is 51.0 Å². The van der Waals surface area contributed by atoms with Crippen LogP contribution in [0.25, 0.3) is 27.6 Å². The van der Waals surface area contributed by atoms with Crippen LogP contribution in [0.1, 0.15) is 22.4 Å². The molecule has 0 aliphatic carbocycles. The molecule has 142 valence electrons. The number of para-hydroxylation sites is 1. The van der Waals surface area contributed by atoms with Crippen molar-refractivity contribution in [2.45, 2.75) is 27.7 Å². The number of alkyl halides is 1. The molecule has 0 aliphatic rings. The molecule has 4 nitrogen and oxygen atoms in total. The van der Waals surface area contributed by atoms with Crippen LogP contribution >= 0.6 is 11.6 Å². The summed E-state index contributed by atoms with van der Waals surface area (Å²) in [6.45, 7) is 8.30. The number of halogens is 1. The maximum atomic E-state index is 12.0. The number of hydrogen-bond donors (Lipinski definition) is 1. The topological polar surface area (TPSA) is 46.9 Å². The smallest absolute Gasteiger partial charge is 0.239 e. The molecular formula is C23H22ClN3O. The molecule has 2 heterocycles. The first-order valence-corrected chi connectivity index (χ1v) is 9.79. The molecule has 0 saturated carbocycles. The van der Waals surface area contributed by atoms with Crippen LogP contribution in [-0.4, -0.2) is 21.3 Å². The molecule has 0 fully saturated rings. The SMILES string of the molecule is Cc1cc(C)c(-n2c3ccccc3c3c(NC(=O)CCl)cc(C)nc32)c(C)c1. The van der Waals surface area contributed by atoms with Crippen molar-refractivity contribution in [2.24, 2.45) is 0 Å². The first-order chi connectivity index (χ1) is 13.4. The van der Waals surface area contributed by atoms with Gasteiger partial charge in [0.15, 0.2) is 0 Å². The van der Waals surface area contributed by atoms with Gasteiger partial charge >= 0.3 is 0 Å². The minimum atomic E-state index is -0.229. The Bertz CT molecular complexity index is 1220. The first-order valence-electron chi connectivity index (χ1n) is 9.25.